The summed E-state index contributed by atoms with van der Waals surface area (Å²) in [6.07, 6.45) is 2.07. The molecule has 0 aromatic carbocycles. The van der Waals surface area contributed by atoms with E-state index in [0.717, 1.165) is 5.01 Å². The fraction of sp³-hybridized carbons (Fsp3) is 0.667. The third-order valence-corrected chi connectivity index (χ3v) is 4.96. The molecule has 1 fully saturated rings. The summed E-state index contributed by atoms with van der Waals surface area (Å²) in [6.45, 7) is 10.3. The van der Waals surface area contributed by atoms with Gasteiger partial charge >= 0.3 is 0 Å². The van der Waals surface area contributed by atoms with Crippen molar-refractivity contribution in [3.63, 3.8) is 0 Å². The first kappa shape index (κ1) is 15.9. The van der Waals surface area contributed by atoms with Crippen molar-refractivity contribution >= 4 is 23.2 Å². The van der Waals surface area contributed by atoms with Crippen LogP contribution in [0.15, 0.2) is 11.6 Å². The Morgan fingerprint density at radius 2 is 1.95 bits per heavy atom. The smallest absolute Gasteiger partial charge is 0.246 e. The molecule has 21 heavy (non-hydrogen) atoms. The molecule has 1 atom stereocenters. The van der Waals surface area contributed by atoms with Crippen LogP contribution in [-0.4, -0.2) is 34.3 Å². The number of aromatic nitrogens is 1. The summed E-state index contributed by atoms with van der Waals surface area (Å²) in [4.78, 5) is 31.1. The minimum Gasteiger partial charge on any atom is -0.344 e. The first-order valence-corrected chi connectivity index (χ1v) is 8.03. The number of hydrogen-bond donors (Lipinski definition) is 1. The maximum Gasteiger partial charge on any atom is 0.246 e. The van der Waals surface area contributed by atoms with Gasteiger partial charge in [-0.15, -0.1) is 11.3 Å². The normalized spacial score (nSPS) is 21.2. The summed E-state index contributed by atoms with van der Waals surface area (Å²) in [5.74, 6) is -0.103. The Bertz CT molecular complexity index is 532. The molecule has 0 saturated carbocycles. The van der Waals surface area contributed by atoms with Crippen LogP contribution in [0.25, 0.3) is 0 Å². The largest absolute Gasteiger partial charge is 0.344 e. The highest BCUT2D eigenvalue weighted by molar-refractivity contribution is 7.09. The molecule has 1 N–H and O–H groups in total. The molecule has 1 saturated heterocycles. The molecule has 2 rings (SSSR count). The van der Waals surface area contributed by atoms with Crippen LogP contribution in [0.5, 0.6) is 0 Å². The van der Waals surface area contributed by atoms with Crippen molar-refractivity contribution in [3.05, 3.63) is 16.6 Å². The van der Waals surface area contributed by atoms with Gasteiger partial charge in [-0.2, -0.15) is 0 Å². The lowest BCUT2D eigenvalue weighted by Gasteiger charge is -2.40. The topological polar surface area (TPSA) is 62.3 Å². The molecule has 2 heterocycles. The molecule has 0 radical (unpaired) electrons. The van der Waals surface area contributed by atoms with Gasteiger partial charge in [0.15, 0.2) is 0 Å². The van der Waals surface area contributed by atoms with E-state index in [9.17, 15) is 9.59 Å². The Labute approximate surface area is 129 Å². The molecule has 0 bridgehead atoms. The fourth-order valence-electron chi connectivity index (χ4n) is 2.56. The molecule has 5 nitrogen and oxygen atoms in total. The van der Waals surface area contributed by atoms with Crippen LogP contribution in [0.4, 0.5) is 0 Å². The lowest BCUT2D eigenvalue weighted by Crippen LogP contribution is -2.55. The van der Waals surface area contributed by atoms with Gasteiger partial charge in [0.1, 0.15) is 11.0 Å². The third-order valence-electron chi connectivity index (χ3n) is 3.88. The van der Waals surface area contributed by atoms with Gasteiger partial charge in [0, 0.05) is 24.5 Å². The zero-order chi connectivity index (χ0) is 15.8. The van der Waals surface area contributed by atoms with Gasteiger partial charge in [-0.1, -0.05) is 20.8 Å². The van der Waals surface area contributed by atoms with Crippen LogP contribution in [0.3, 0.4) is 0 Å². The summed E-state index contributed by atoms with van der Waals surface area (Å²) >= 11 is 1.53. The Morgan fingerprint density at radius 3 is 2.48 bits per heavy atom. The number of amides is 2. The SMILES string of the molecule is CC(C)(C)C1NC(=O)CCN(C(C)(C)c2nccs2)C1=O. The number of hydrogen-bond acceptors (Lipinski definition) is 4. The first-order chi connectivity index (χ1) is 9.64. The highest BCUT2D eigenvalue weighted by Gasteiger charge is 2.44. The maximum atomic E-state index is 13.0. The fourth-order valence-corrected chi connectivity index (χ4v) is 3.33. The van der Waals surface area contributed by atoms with Crippen LogP contribution in [-0.2, 0) is 15.1 Å². The van der Waals surface area contributed by atoms with Crippen LogP contribution in [0.2, 0.25) is 0 Å². The van der Waals surface area contributed by atoms with Gasteiger partial charge in [0.05, 0.1) is 5.54 Å². The van der Waals surface area contributed by atoms with Crippen molar-refractivity contribution in [1.29, 1.82) is 0 Å². The molecule has 1 unspecified atom stereocenters. The molecule has 1 aliphatic heterocycles. The van der Waals surface area contributed by atoms with Gasteiger partial charge < -0.3 is 10.2 Å². The molecule has 6 heteroatoms. The number of rotatable bonds is 2. The second kappa shape index (κ2) is 5.40. The highest BCUT2D eigenvalue weighted by atomic mass is 32.1. The minimum absolute atomic E-state index is 0.0337. The second-order valence-corrected chi connectivity index (χ2v) is 7.90. The van der Waals surface area contributed by atoms with E-state index in [-0.39, 0.29) is 17.2 Å². The molecule has 0 aliphatic carbocycles. The van der Waals surface area contributed by atoms with Gasteiger partial charge in [-0.25, -0.2) is 4.98 Å². The van der Waals surface area contributed by atoms with Crippen LogP contribution >= 0.6 is 11.3 Å². The quantitative estimate of drug-likeness (QED) is 0.910. The molecule has 1 aromatic heterocycles. The van der Waals surface area contributed by atoms with Gasteiger partial charge in [0.25, 0.3) is 0 Å². The number of nitrogens with one attached hydrogen (secondary N) is 1. The Balaban J connectivity index is 2.38. The van der Waals surface area contributed by atoms with Crippen molar-refractivity contribution in [2.45, 2.75) is 52.6 Å². The zero-order valence-corrected chi connectivity index (χ0v) is 14.1. The number of carbonyl (C=O) groups excluding carboxylic acids is 2. The Morgan fingerprint density at radius 1 is 1.29 bits per heavy atom. The summed E-state index contributed by atoms with van der Waals surface area (Å²) in [6, 6.07) is -0.508. The summed E-state index contributed by atoms with van der Waals surface area (Å²) in [5, 5.41) is 5.66. The first-order valence-electron chi connectivity index (χ1n) is 7.15. The minimum atomic E-state index is -0.513. The molecular weight excluding hydrogens is 286 g/mol. The molecule has 1 aromatic rings. The van der Waals surface area contributed by atoms with Crippen molar-refractivity contribution in [1.82, 2.24) is 15.2 Å². The number of nitrogens with zero attached hydrogens (tertiary/aromatic N) is 2. The monoisotopic (exact) mass is 309 g/mol. The lowest BCUT2D eigenvalue weighted by atomic mass is 9.85. The third kappa shape index (κ3) is 3.10. The summed E-state index contributed by atoms with van der Waals surface area (Å²) in [7, 11) is 0. The lowest BCUT2D eigenvalue weighted by molar-refractivity contribution is -0.141. The maximum absolute atomic E-state index is 13.0. The van der Waals surface area contributed by atoms with Crippen molar-refractivity contribution in [3.8, 4) is 0 Å². The zero-order valence-electron chi connectivity index (χ0n) is 13.3. The van der Waals surface area contributed by atoms with E-state index in [1.54, 1.807) is 11.1 Å². The van der Waals surface area contributed by atoms with E-state index < -0.39 is 11.6 Å². The van der Waals surface area contributed by atoms with E-state index in [1.807, 2.05) is 40.0 Å². The average molecular weight is 309 g/mol. The Kier molecular flexibility index (Phi) is 4.10. The van der Waals surface area contributed by atoms with Crippen LogP contribution in [0, 0.1) is 5.41 Å². The van der Waals surface area contributed by atoms with E-state index in [2.05, 4.69) is 10.3 Å². The van der Waals surface area contributed by atoms with E-state index in [1.165, 1.54) is 11.3 Å². The van der Waals surface area contributed by atoms with E-state index >= 15 is 0 Å². The van der Waals surface area contributed by atoms with Gasteiger partial charge in [-0.05, 0) is 19.3 Å². The Hall–Kier alpha value is -1.43. The number of carbonyl (C=O) groups is 2. The van der Waals surface area contributed by atoms with Gasteiger partial charge in [0.2, 0.25) is 11.8 Å². The van der Waals surface area contributed by atoms with Crippen molar-refractivity contribution in [2.75, 3.05) is 6.54 Å². The molecular formula is C15H23N3O2S. The number of thiazole rings is 1. The average Bonchev–Trinajstić information content (AvgIpc) is 2.83. The molecule has 116 valence electrons. The van der Waals surface area contributed by atoms with E-state index in [4.69, 9.17) is 0 Å². The van der Waals surface area contributed by atoms with Crippen molar-refractivity contribution in [2.24, 2.45) is 5.41 Å². The predicted molar refractivity (Wildman–Crippen MR) is 82.9 cm³/mol. The molecule has 0 spiro atoms. The second-order valence-electron chi connectivity index (χ2n) is 7.00. The highest BCUT2D eigenvalue weighted by Crippen LogP contribution is 2.33. The molecule has 1 aliphatic rings. The molecule has 2 amide bonds. The van der Waals surface area contributed by atoms with E-state index in [0.29, 0.717) is 13.0 Å². The van der Waals surface area contributed by atoms with Gasteiger partial charge in [-0.3, -0.25) is 9.59 Å². The van der Waals surface area contributed by atoms with Crippen LogP contribution < -0.4 is 5.32 Å². The summed E-state index contributed by atoms with van der Waals surface area (Å²) < 4.78 is 0. The van der Waals surface area contributed by atoms with Crippen molar-refractivity contribution < 1.29 is 9.59 Å². The predicted octanol–water partition coefficient (Wildman–Crippen LogP) is 2.14. The van der Waals surface area contributed by atoms with Crippen LogP contribution in [0.1, 0.15) is 46.0 Å². The summed E-state index contributed by atoms with van der Waals surface area (Å²) in [5.41, 5.74) is -0.838. The standard InChI is InChI=1S/C15H23N3O2S/c1-14(2,3)11-12(20)18(8-6-10(19)17-11)15(4,5)13-16-7-9-21-13/h7,9,11H,6,8H2,1-5H3,(H,17,19).